The number of thiocarbonyl (C=S) groups is 1. The summed E-state index contributed by atoms with van der Waals surface area (Å²) in [7, 11) is 1.59. The molecular weight excluding hydrogens is 484 g/mol. The van der Waals surface area contributed by atoms with E-state index in [2.05, 4.69) is 36.1 Å². The second kappa shape index (κ2) is 11.2. The molecule has 1 saturated heterocycles. The van der Waals surface area contributed by atoms with Crippen LogP contribution in [0, 0.1) is 0 Å². The quantitative estimate of drug-likeness (QED) is 0.323. The number of anilines is 1. The molecule has 4 heterocycles. The molecule has 5 rings (SSSR count). The number of pyridine rings is 2. The molecule has 2 N–H and O–H groups in total. The number of hydrogen-bond acceptors (Lipinski definition) is 5. The highest BCUT2D eigenvalue weighted by Crippen LogP contribution is 2.39. The molecular formula is C28H28N6O2S. The standard InChI is InChI=1S/C28H28N6O2S/c1-36-24-13-3-2-10-21(24)31-25(35)14-18-34-27(26(32-28(34)37)22-11-5-7-16-30-22)23-12-8-17-33(23)19-20-9-4-6-15-29-20/h2-13,15-17,26-27H,14,18-19H2,1H3,(H,31,35)(H,32,37)/t26-,27-/m0/s1. The van der Waals surface area contributed by atoms with E-state index in [4.69, 9.17) is 17.0 Å². The predicted octanol–water partition coefficient (Wildman–Crippen LogP) is 4.34. The van der Waals surface area contributed by atoms with E-state index in [9.17, 15) is 4.79 Å². The van der Waals surface area contributed by atoms with Crippen LogP contribution in [0.2, 0.25) is 0 Å². The van der Waals surface area contributed by atoms with Gasteiger partial charge in [0.15, 0.2) is 5.11 Å². The van der Waals surface area contributed by atoms with Crippen LogP contribution in [-0.4, -0.2) is 44.1 Å². The number of methoxy groups -OCH3 is 1. The topological polar surface area (TPSA) is 84.3 Å². The van der Waals surface area contributed by atoms with Crippen molar-refractivity contribution in [1.82, 2.24) is 24.8 Å². The Morgan fingerprint density at radius 1 is 1.03 bits per heavy atom. The van der Waals surface area contributed by atoms with Gasteiger partial charge in [0.25, 0.3) is 0 Å². The minimum Gasteiger partial charge on any atom is -0.495 e. The van der Waals surface area contributed by atoms with Crippen LogP contribution in [0.3, 0.4) is 0 Å². The van der Waals surface area contributed by atoms with Gasteiger partial charge in [-0.25, -0.2) is 0 Å². The van der Waals surface area contributed by atoms with Crippen LogP contribution in [0.5, 0.6) is 5.75 Å². The fraction of sp³-hybridized carbons (Fsp3) is 0.214. The number of carbonyl (C=O) groups excluding carboxylic acids is 1. The number of amides is 1. The normalized spacial score (nSPS) is 16.9. The van der Waals surface area contributed by atoms with Crippen LogP contribution in [0.1, 0.15) is 35.6 Å². The average Bonchev–Trinajstić information content (AvgIpc) is 3.52. The summed E-state index contributed by atoms with van der Waals surface area (Å²) in [6.45, 7) is 1.07. The number of para-hydroxylation sites is 2. The monoisotopic (exact) mass is 512 g/mol. The maximum atomic E-state index is 12.9. The number of ether oxygens (including phenoxy) is 1. The number of nitrogens with one attached hydrogen (secondary N) is 2. The van der Waals surface area contributed by atoms with E-state index in [0.29, 0.717) is 29.6 Å². The van der Waals surface area contributed by atoms with E-state index < -0.39 is 0 Å². The van der Waals surface area contributed by atoms with Crippen molar-refractivity contribution in [3.05, 3.63) is 108 Å². The third kappa shape index (κ3) is 5.46. The smallest absolute Gasteiger partial charge is 0.226 e. The van der Waals surface area contributed by atoms with E-state index in [1.54, 1.807) is 19.5 Å². The highest BCUT2D eigenvalue weighted by atomic mass is 32.1. The highest BCUT2D eigenvalue weighted by molar-refractivity contribution is 7.80. The molecule has 0 unspecified atom stereocenters. The summed E-state index contributed by atoms with van der Waals surface area (Å²) in [5.74, 6) is 0.505. The SMILES string of the molecule is COc1ccccc1NC(=O)CCN1C(=S)N[C@@H](c2ccccn2)[C@@H]1c1cccn1Cc1ccccn1. The van der Waals surface area contributed by atoms with E-state index in [1.807, 2.05) is 72.9 Å². The fourth-order valence-electron chi connectivity index (χ4n) is 4.66. The summed E-state index contributed by atoms with van der Waals surface area (Å²) in [6, 6.07) is 23.0. The summed E-state index contributed by atoms with van der Waals surface area (Å²) in [4.78, 5) is 24.1. The van der Waals surface area contributed by atoms with Crippen molar-refractivity contribution < 1.29 is 9.53 Å². The number of benzene rings is 1. The van der Waals surface area contributed by atoms with Gasteiger partial charge in [-0.3, -0.25) is 14.8 Å². The Bertz CT molecular complexity index is 1360. The number of carbonyl (C=O) groups is 1. The number of rotatable bonds is 9. The fourth-order valence-corrected chi connectivity index (χ4v) is 4.99. The zero-order valence-corrected chi connectivity index (χ0v) is 21.3. The zero-order chi connectivity index (χ0) is 25.6. The Labute approximate surface area is 221 Å². The van der Waals surface area contributed by atoms with Gasteiger partial charge in [0, 0.05) is 37.3 Å². The Balaban J connectivity index is 1.40. The Hall–Kier alpha value is -4.24. The molecule has 0 bridgehead atoms. The number of nitrogens with zero attached hydrogens (tertiary/aromatic N) is 4. The Kier molecular flexibility index (Phi) is 7.41. The van der Waals surface area contributed by atoms with Crippen molar-refractivity contribution in [2.75, 3.05) is 19.0 Å². The first-order valence-electron chi connectivity index (χ1n) is 12.1. The largest absolute Gasteiger partial charge is 0.495 e. The van der Waals surface area contributed by atoms with Crippen LogP contribution in [0.15, 0.2) is 91.4 Å². The summed E-state index contributed by atoms with van der Waals surface area (Å²) < 4.78 is 7.54. The first kappa shape index (κ1) is 24.5. The van der Waals surface area contributed by atoms with Gasteiger partial charge in [-0.2, -0.15) is 0 Å². The van der Waals surface area contributed by atoms with Crippen molar-refractivity contribution in [3.63, 3.8) is 0 Å². The molecule has 1 aromatic carbocycles. The molecule has 0 radical (unpaired) electrons. The minimum absolute atomic E-state index is 0.115. The summed E-state index contributed by atoms with van der Waals surface area (Å²) in [5, 5.41) is 7.01. The molecule has 8 nitrogen and oxygen atoms in total. The molecule has 1 aliphatic heterocycles. The van der Waals surface area contributed by atoms with Gasteiger partial charge in [-0.15, -0.1) is 0 Å². The van der Waals surface area contributed by atoms with E-state index in [1.165, 1.54) is 0 Å². The molecule has 4 aromatic rings. The molecule has 0 aliphatic carbocycles. The van der Waals surface area contributed by atoms with E-state index in [-0.39, 0.29) is 24.4 Å². The van der Waals surface area contributed by atoms with Crippen LogP contribution < -0.4 is 15.4 Å². The van der Waals surface area contributed by atoms with E-state index >= 15 is 0 Å². The summed E-state index contributed by atoms with van der Waals surface area (Å²) in [6.07, 6.45) is 5.89. The van der Waals surface area contributed by atoms with Gasteiger partial charge >= 0.3 is 0 Å². The Morgan fingerprint density at radius 3 is 2.57 bits per heavy atom. The predicted molar refractivity (Wildman–Crippen MR) is 146 cm³/mol. The maximum absolute atomic E-state index is 12.9. The second-order valence-electron chi connectivity index (χ2n) is 8.70. The van der Waals surface area contributed by atoms with Gasteiger partial charge in [-0.1, -0.05) is 24.3 Å². The number of hydrogen-bond donors (Lipinski definition) is 2. The Morgan fingerprint density at radius 2 is 1.81 bits per heavy atom. The lowest BCUT2D eigenvalue weighted by Crippen LogP contribution is -2.33. The van der Waals surface area contributed by atoms with Gasteiger partial charge < -0.3 is 24.8 Å². The van der Waals surface area contributed by atoms with Crippen LogP contribution in [0.25, 0.3) is 0 Å². The van der Waals surface area contributed by atoms with Crippen molar-refractivity contribution in [3.8, 4) is 5.75 Å². The van der Waals surface area contributed by atoms with Crippen LogP contribution in [-0.2, 0) is 11.3 Å². The van der Waals surface area contributed by atoms with Gasteiger partial charge in [-0.05, 0) is 60.7 Å². The van der Waals surface area contributed by atoms with Crippen LogP contribution in [0.4, 0.5) is 5.69 Å². The lowest BCUT2D eigenvalue weighted by atomic mass is 10.0. The summed E-state index contributed by atoms with van der Waals surface area (Å²) in [5.41, 5.74) is 3.56. The van der Waals surface area contributed by atoms with Gasteiger partial charge in [0.05, 0.1) is 42.8 Å². The summed E-state index contributed by atoms with van der Waals surface area (Å²) >= 11 is 5.78. The van der Waals surface area contributed by atoms with Gasteiger partial charge in [0.2, 0.25) is 5.91 Å². The molecule has 9 heteroatoms. The number of aromatic nitrogens is 3. The van der Waals surface area contributed by atoms with Crippen molar-refractivity contribution in [2.45, 2.75) is 25.0 Å². The van der Waals surface area contributed by atoms with Gasteiger partial charge in [0.1, 0.15) is 5.75 Å². The molecule has 2 atom stereocenters. The van der Waals surface area contributed by atoms with E-state index in [0.717, 1.165) is 17.1 Å². The molecule has 188 valence electrons. The van der Waals surface area contributed by atoms with Crippen molar-refractivity contribution in [1.29, 1.82) is 0 Å². The zero-order valence-electron chi connectivity index (χ0n) is 20.4. The molecule has 1 amide bonds. The third-order valence-electron chi connectivity index (χ3n) is 6.38. The molecule has 0 saturated carbocycles. The lowest BCUT2D eigenvalue weighted by Gasteiger charge is -2.28. The molecule has 1 aliphatic rings. The third-order valence-corrected chi connectivity index (χ3v) is 6.74. The molecule has 1 fully saturated rings. The first-order valence-corrected chi connectivity index (χ1v) is 12.5. The first-order chi connectivity index (χ1) is 18.1. The molecule has 3 aromatic heterocycles. The lowest BCUT2D eigenvalue weighted by molar-refractivity contribution is -0.116. The molecule has 37 heavy (non-hydrogen) atoms. The van der Waals surface area contributed by atoms with Crippen molar-refractivity contribution in [2.24, 2.45) is 0 Å². The van der Waals surface area contributed by atoms with Crippen LogP contribution >= 0.6 is 12.2 Å². The maximum Gasteiger partial charge on any atom is 0.226 e. The minimum atomic E-state index is -0.164. The average molecular weight is 513 g/mol. The molecule has 0 spiro atoms. The van der Waals surface area contributed by atoms with Crippen molar-refractivity contribution >= 4 is 28.9 Å². The second-order valence-corrected chi connectivity index (χ2v) is 9.09. The highest BCUT2D eigenvalue weighted by Gasteiger charge is 2.41.